The minimum atomic E-state index is 0.619. The average molecular weight is 245 g/mol. The van der Waals surface area contributed by atoms with Gasteiger partial charge in [0.15, 0.2) is 0 Å². The molecule has 1 heteroatoms. The first kappa shape index (κ1) is 13.6. The van der Waals surface area contributed by atoms with Crippen LogP contribution in [-0.2, 0) is 6.54 Å². The highest BCUT2D eigenvalue weighted by Gasteiger charge is 2.23. The Bertz CT molecular complexity index is 327. The van der Waals surface area contributed by atoms with Gasteiger partial charge in [-0.15, -0.1) is 0 Å². The zero-order valence-corrected chi connectivity index (χ0v) is 11.9. The Morgan fingerprint density at radius 3 is 2.39 bits per heavy atom. The lowest BCUT2D eigenvalue weighted by Crippen LogP contribution is -2.36. The van der Waals surface area contributed by atoms with Gasteiger partial charge in [-0.3, -0.25) is 0 Å². The highest BCUT2D eigenvalue weighted by atomic mass is 14.9. The van der Waals surface area contributed by atoms with Crippen molar-refractivity contribution in [3.05, 3.63) is 35.9 Å². The Hall–Kier alpha value is -0.820. The van der Waals surface area contributed by atoms with Crippen LogP contribution < -0.4 is 5.32 Å². The van der Waals surface area contributed by atoms with Gasteiger partial charge in [0.2, 0.25) is 0 Å². The molecule has 100 valence electrons. The van der Waals surface area contributed by atoms with Crippen molar-refractivity contribution < 1.29 is 0 Å². The van der Waals surface area contributed by atoms with Gasteiger partial charge in [0.25, 0.3) is 0 Å². The van der Waals surface area contributed by atoms with Crippen LogP contribution in [0.5, 0.6) is 0 Å². The summed E-state index contributed by atoms with van der Waals surface area (Å²) in [5.41, 5.74) is 1.39. The Balaban J connectivity index is 1.78. The Morgan fingerprint density at radius 1 is 1.06 bits per heavy atom. The van der Waals surface area contributed by atoms with E-state index in [2.05, 4.69) is 49.5 Å². The summed E-state index contributed by atoms with van der Waals surface area (Å²) in [5, 5.41) is 3.70. The van der Waals surface area contributed by atoms with E-state index < -0.39 is 0 Å². The lowest BCUT2D eigenvalue weighted by atomic mass is 9.78. The minimum Gasteiger partial charge on any atom is -0.310 e. The standard InChI is InChI=1S/C17H27N/c1-14(17-11-7-4-8-12-17)15(2)18-13-16-9-5-3-6-10-16/h3,5-6,9-10,14-15,17-18H,4,7-8,11-13H2,1-2H3/t14-,15+/m0/s1. The summed E-state index contributed by atoms with van der Waals surface area (Å²) in [7, 11) is 0. The molecule has 0 aromatic heterocycles. The second-order valence-electron chi connectivity index (χ2n) is 5.91. The van der Waals surface area contributed by atoms with E-state index in [1.807, 2.05) is 0 Å². The van der Waals surface area contributed by atoms with Crippen molar-refractivity contribution in [2.45, 2.75) is 58.5 Å². The summed E-state index contributed by atoms with van der Waals surface area (Å²) in [6.07, 6.45) is 7.23. The van der Waals surface area contributed by atoms with Crippen molar-refractivity contribution in [3.63, 3.8) is 0 Å². The Kier molecular flexibility index (Phi) is 5.25. The second kappa shape index (κ2) is 6.94. The van der Waals surface area contributed by atoms with Crippen LogP contribution in [0.25, 0.3) is 0 Å². The van der Waals surface area contributed by atoms with Crippen molar-refractivity contribution in [3.8, 4) is 0 Å². The van der Waals surface area contributed by atoms with E-state index in [1.54, 1.807) is 0 Å². The normalized spacial score (nSPS) is 20.6. The smallest absolute Gasteiger partial charge is 0.0208 e. The van der Waals surface area contributed by atoms with Gasteiger partial charge in [0.05, 0.1) is 0 Å². The van der Waals surface area contributed by atoms with Crippen molar-refractivity contribution in [2.24, 2.45) is 11.8 Å². The van der Waals surface area contributed by atoms with Crippen molar-refractivity contribution in [1.29, 1.82) is 0 Å². The summed E-state index contributed by atoms with van der Waals surface area (Å²) in [6, 6.07) is 11.3. The van der Waals surface area contributed by atoms with E-state index in [4.69, 9.17) is 0 Å². The molecule has 0 radical (unpaired) electrons. The van der Waals surface area contributed by atoms with E-state index in [0.29, 0.717) is 6.04 Å². The molecule has 1 aliphatic carbocycles. The topological polar surface area (TPSA) is 12.0 Å². The van der Waals surface area contributed by atoms with Crippen molar-refractivity contribution in [1.82, 2.24) is 5.32 Å². The molecule has 0 bridgehead atoms. The van der Waals surface area contributed by atoms with E-state index >= 15 is 0 Å². The van der Waals surface area contributed by atoms with Gasteiger partial charge in [-0.1, -0.05) is 69.4 Å². The van der Waals surface area contributed by atoms with E-state index in [9.17, 15) is 0 Å². The predicted molar refractivity (Wildman–Crippen MR) is 78.5 cm³/mol. The molecule has 1 aromatic carbocycles. The molecule has 0 saturated heterocycles. The first-order valence-corrected chi connectivity index (χ1v) is 7.54. The molecular weight excluding hydrogens is 218 g/mol. The fourth-order valence-corrected chi connectivity index (χ4v) is 3.13. The molecule has 0 spiro atoms. The van der Waals surface area contributed by atoms with Crippen LogP contribution in [0.3, 0.4) is 0 Å². The second-order valence-corrected chi connectivity index (χ2v) is 5.91. The highest BCUT2D eigenvalue weighted by molar-refractivity contribution is 5.14. The zero-order chi connectivity index (χ0) is 12.8. The quantitative estimate of drug-likeness (QED) is 0.811. The average Bonchev–Trinajstić information content (AvgIpc) is 2.46. The molecule has 18 heavy (non-hydrogen) atoms. The molecule has 1 aliphatic rings. The van der Waals surface area contributed by atoms with E-state index in [1.165, 1.54) is 37.7 Å². The molecule has 1 N–H and O–H groups in total. The van der Waals surface area contributed by atoms with Crippen LogP contribution in [0.15, 0.2) is 30.3 Å². The van der Waals surface area contributed by atoms with Gasteiger partial charge < -0.3 is 5.32 Å². The molecule has 0 amide bonds. The Morgan fingerprint density at radius 2 is 1.72 bits per heavy atom. The van der Waals surface area contributed by atoms with Gasteiger partial charge >= 0.3 is 0 Å². The summed E-state index contributed by atoms with van der Waals surface area (Å²) >= 11 is 0. The summed E-state index contributed by atoms with van der Waals surface area (Å²) in [4.78, 5) is 0. The molecule has 1 aromatic rings. The third-order valence-corrected chi connectivity index (χ3v) is 4.65. The van der Waals surface area contributed by atoms with Crippen LogP contribution in [0, 0.1) is 11.8 Å². The van der Waals surface area contributed by atoms with E-state index in [-0.39, 0.29) is 0 Å². The van der Waals surface area contributed by atoms with Crippen LogP contribution in [0.2, 0.25) is 0 Å². The van der Waals surface area contributed by atoms with Gasteiger partial charge in [-0.2, -0.15) is 0 Å². The monoisotopic (exact) mass is 245 g/mol. The molecule has 1 saturated carbocycles. The number of nitrogens with one attached hydrogen (secondary N) is 1. The van der Waals surface area contributed by atoms with Crippen molar-refractivity contribution in [2.75, 3.05) is 0 Å². The SMILES string of the molecule is C[C@H](C1CCCCC1)[C@@H](C)NCc1ccccc1. The lowest BCUT2D eigenvalue weighted by Gasteiger charge is -2.32. The maximum atomic E-state index is 3.70. The maximum Gasteiger partial charge on any atom is 0.0208 e. The summed E-state index contributed by atoms with van der Waals surface area (Å²) in [5.74, 6) is 1.74. The molecule has 2 rings (SSSR count). The largest absolute Gasteiger partial charge is 0.310 e. The van der Waals surface area contributed by atoms with Crippen molar-refractivity contribution >= 4 is 0 Å². The molecule has 2 atom stereocenters. The van der Waals surface area contributed by atoms with Crippen LogP contribution in [0.4, 0.5) is 0 Å². The van der Waals surface area contributed by atoms with Gasteiger partial charge in [0.1, 0.15) is 0 Å². The first-order chi connectivity index (χ1) is 8.77. The fourth-order valence-electron chi connectivity index (χ4n) is 3.13. The third-order valence-electron chi connectivity index (χ3n) is 4.65. The van der Waals surface area contributed by atoms with Crippen LogP contribution >= 0.6 is 0 Å². The third kappa shape index (κ3) is 3.84. The lowest BCUT2D eigenvalue weighted by molar-refractivity contribution is 0.218. The summed E-state index contributed by atoms with van der Waals surface area (Å²) < 4.78 is 0. The molecular formula is C17H27N. The van der Waals surface area contributed by atoms with E-state index in [0.717, 1.165) is 18.4 Å². The molecule has 1 fully saturated rings. The molecule has 1 nitrogen and oxygen atoms in total. The van der Waals surface area contributed by atoms with Crippen LogP contribution in [0.1, 0.15) is 51.5 Å². The fraction of sp³-hybridized carbons (Fsp3) is 0.647. The maximum absolute atomic E-state index is 3.70. The minimum absolute atomic E-state index is 0.619. The first-order valence-electron chi connectivity index (χ1n) is 7.54. The predicted octanol–water partition coefficient (Wildman–Crippen LogP) is 4.38. The molecule has 0 unspecified atom stereocenters. The van der Waals surface area contributed by atoms with Gasteiger partial charge in [-0.25, -0.2) is 0 Å². The summed E-state index contributed by atoms with van der Waals surface area (Å²) in [6.45, 7) is 5.78. The van der Waals surface area contributed by atoms with Gasteiger partial charge in [0, 0.05) is 12.6 Å². The highest BCUT2D eigenvalue weighted by Crippen LogP contribution is 2.31. The number of hydrogen-bond acceptors (Lipinski definition) is 1. The van der Waals surface area contributed by atoms with Gasteiger partial charge in [-0.05, 0) is 24.3 Å². The molecule has 0 aliphatic heterocycles. The Labute approximate surface area is 112 Å². The number of rotatable bonds is 5. The zero-order valence-electron chi connectivity index (χ0n) is 11.9. The number of benzene rings is 1. The van der Waals surface area contributed by atoms with Crippen LogP contribution in [-0.4, -0.2) is 6.04 Å². The molecule has 0 heterocycles. The number of hydrogen-bond donors (Lipinski definition) is 1.